The van der Waals surface area contributed by atoms with Crippen molar-refractivity contribution >= 4 is 5.97 Å². The topological polar surface area (TPSA) is 103 Å². The molecule has 0 fully saturated rings. The Hall–Kier alpha value is -1.69. The first-order chi connectivity index (χ1) is 6.65. The van der Waals surface area contributed by atoms with Gasteiger partial charge < -0.3 is 15.2 Å². The van der Waals surface area contributed by atoms with Crippen LogP contribution in [0.25, 0.3) is 0 Å². The van der Waals surface area contributed by atoms with Crippen LogP contribution in [0.4, 0.5) is 0 Å². The molecule has 1 aromatic rings. The number of hydrogen-bond donors (Lipinski definition) is 3. The highest BCUT2D eigenvalue weighted by Crippen LogP contribution is 1.93. The molecule has 0 aliphatic carbocycles. The lowest BCUT2D eigenvalue weighted by atomic mass is 10.3. The smallest absolute Gasteiger partial charge is 0.342 e. The molecule has 0 aliphatic heterocycles. The molecule has 6 nitrogen and oxygen atoms in total. The summed E-state index contributed by atoms with van der Waals surface area (Å²) in [4.78, 5) is 27.6. The van der Waals surface area contributed by atoms with E-state index in [9.17, 15) is 9.59 Å². The summed E-state index contributed by atoms with van der Waals surface area (Å²) in [5, 5.41) is 17.1. The Bertz CT molecular complexity index is 385. The third-order valence-corrected chi connectivity index (χ3v) is 1.65. The molecule has 1 rings (SSSR count). The minimum Gasteiger partial charge on any atom is -0.477 e. The van der Waals surface area contributed by atoms with Crippen molar-refractivity contribution < 1.29 is 15.0 Å². The normalized spacial score (nSPS) is 10.1. The van der Waals surface area contributed by atoms with Crippen molar-refractivity contribution in [2.45, 2.75) is 12.8 Å². The third-order valence-electron chi connectivity index (χ3n) is 1.65. The van der Waals surface area contributed by atoms with E-state index in [0.29, 0.717) is 18.7 Å². The molecule has 0 unspecified atom stereocenters. The number of H-pyrrole nitrogens is 1. The molecule has 76 valence electrons. The van der Waals surface area contributed by atoms with E-state index in [4.69, 9.17) is 10.2 Å². The van der Waals surface area contributed by atoms with E-state index in [0.717, 1.165) is 6.20 Å². The SMILES string of the molecule is O=C(O)c1cnc(CCCO)[nH]c1=O. The molecule has 0 saturated heterocycles. The number of aromatic nitrogens is 2. The van der Waals surface area contributed by atoms with Crippen LogP contribution in [-0.2, 0) is 6.42 Å². The lowest BCUT2D eigenvalue weighted by molar-refractivity contribution is 0.0694. The van der Waals surface area contributed by atoms with Crippen molar-refractivity contribution in [1.29, 1.82) is 0 Å². The molecule has 3 N–H and O–H groups in total. The van der Waals surface area contributed by atoms with Crippen LogP contribution in [0.5, 0.6) is 0 Å². The summed E-state index contributed by atoms with van der Waals surface area (Å²) < 4.78 is 0. The number of aromatic amines is 1. The Kier molecular flexibility index (Phi) is 3.35. The molecule has 0 radical (unpaired) electrons. The van der Waals surface area contributed by atoms with Gasteiger partial charge in [-0.1, -0.05) is 0 Å². The molecule has 1 aromatic heterocycles. The lowest BCUT2D eigenvalue weighted by Gasteiger charge is -1.98. The van der Waals surface area contributed by atoms with Crippen LogP contribution < -0.4 is 5.56 Å². The highest BCUT2D eigenvalue weighted by molar-refractivity contribution is 5.86. The summed E-state index contributed by atoms with van der Waals surface area (Å²) in [6.45, 7) is 0.00436. The van der Waals surface area contributed by atoms with Crippen LogP contribution in [0.1, 0.15) is 22.6 Å². The monoisotopic (exact) mass is 198 g/mol. The van der Waals surface area contributed by atoms with Gasteiger partial charge in [0.05, 0.1) is 0 Å². The van der Waals surface area contributed by atoms with Crippen molar-refractivity contribution in [1.82, 2.24) is 9.97 Å². The Labute approximate surface area is 79.2 Å². The van der Waals surface area contributed by atoms with E-state index in [1.165, 1.54) is 0 Å². The van der Waals surface area contributed by atoms with Crippen LogP contribution in [0, 0.1) is 0 Å². The maximum Gasteiger partial charge on any atom is 0.342 e. The van der Waals surface area contributed by atoms with Gasteiger partial charge in [0.2, 0.25) is 0 Å². The van der Waals surface area contributed by atoms with Crippen LogP contribution in [0.15, 0.2) is 11.0 Å². The van der Waals surface area contributed by atoms with Gasteiger partial charge in [-0.25, -0.2) is 9.78 Å². The number of carboxylic acids is 1. The maximum atomic E-state index is 11.1. The van der Waals surface area contributed by atoms with E-state index in [1.807, 2.05) is 0 Å². The molecule has 0 amide bonds. The molecule has 6 heteroatoms. The second-order valence-electron chi connectivity index (χ2n) is 2.71. The molecule has 0 aromatic carbocycles. The van der Waals surface area contributed by atoms with Gasteiger partial charge >= 0.3 is 5.97 Å². The standard InChI is InChI=1S/C8H10N2O4/c11-3-1-2-6-9-4-5(8(13)14)7(12)10-6/h4,11H,1-3H2,(H,13,14)(H,9,10,12). The summed E-state index contributed by atoms with van der Waals surface area (Å²) in [5.41, 5.74) is -1.04. The first-order valence-corrected chi connectivity index (χ1v) is 4.07. The number of aromatic carboxylic acids is 1. The van der Waals surface area contributed by atoms with Gasteiger partial charge in [0.25, 0.3) is 5.56 Å². The second-order valence-corrected chi connectivity index (χ2v) is 2.71. The summed E-state index contributed by atoms with van der Waals surface area (Å²) in [6, 6.07) is 0. The van der Waals surface area contributed by atoms with Crippen LogP contribution in [0.3, 0.4) is 0 Å². The highest BCUT2D eigenvalue weighted by atomic mass is 16.4. The number of carbonyl (C=O) groups is 1. The summed E-state index contributed by atoms with van der Waals surface area (Å²) in [5.74, 6) is -0.915. The fourth-order valence-electron chi connectivity index (χ4n) is 0.958. The van der Waals surface area contributed by atoms with E-state index in [-0.39, 0.29) is 12.2 Å². The quantitative estimate of drug-likeness (QED) is 0.599. The Morgan fingerprint density at radius 2 is 2.29 bits per heavy atom. The number of aliphatic hydroxyl groups excluding tert-OH is 1. The minimum atomic E-state index is -1.30. The molecule has 0 atom stereocenters. The largest absolute Gasteiger partial charge is 0.477 e. The number of nitrogens with zero attached hydrogens (tertiary/aromatic N) is 1. The van der Waals surface area contributed by atoms with E-state index in [1.54, 1.807) is 0 Å². The average molecular weight is 198 g/mol. The van der Waals surface area contributed by atoms with E-state index >= 15 is 0 Å². The Morgan fingerprint density at radius 1 is 1.57 bits per heavy atom. The van der Waals surface area contributed by atoms with Crippen molar-refractivity contribution in [3.8, 4) is 0 Å². The Balaban J connectivity index is 2.89. The van der Waals surface area contributed by atoms with Crippen molar-refractivity contribution in [3.63, 3.8) is 0 Å². The number of hydrogen-bond acceptors (Lipinski definition) is 4. The molecular weight excluding hydrogens is 188 g/mol. The van der Waals surface area contributed by atoms with Gasteiger partial charge in [0.1, 0.15) is 11.4 Å². The molecule has 0 saturated carbocycles. The molecule has 14 heavy (non-hydrogen) atoms. The van der Waals surface area contributed by atoms with Gasteiger partial charge in [-0.3, -0.25) is 4.79 Å². The summed E-state index contributed by atoms with van der Waals surface area (Å²) in [6.07, 6.45) is 1.93. The van der Waals surface area contributed by atoms with E-state index in [2.05, 4.69) is 9.97 Å². The van der Waals surface area contributed by atoms with Crippen LogP contribution >= 0.6 is 0 Å². The number of aliphatic hydroxyl groups is 1. The van der Waals surface area contributed by atoms with Crippen LogP contribution in [-0.4, -0.2) is 32.8 Å². The van der Waals surface area contributed by atoms with Gasteiger partial charge in [-0.05, 0) is 6.42 Å². The van der Waals surface area contributed by atoms with Crippen LogP contribution in [0.2, 0.25) is 0 Å². The van der Waals surface area contributed by atoms with Crippen molar-refractivity contribution in [2.75, 3.05) is 6.61 Å². The molecular formula is C8H10N2O4. The number of aryl methyl sites for hydroxylation is 1. The second kappa shape index (κ2) is 4.52. The predicted octanol–water partition coefficient (Wildman–Crippen LogP) is -0.607. The number of carboxylic acid groups (broad SMARTS) is 1. The van der Waals surface area contributed by atoms with Gasteiger partial charge in [0, 0.05) is 19.2 Å². The summed E-state index contributed by atoms with van der Waals surface area (Å²) in [7, 11) is 0. The zero-order chi connectivity index (χ0) is 10.6. The van der Waals surface area contributed by atoms with Crippen molar-refractivity contribution in [3.05, 3.63) is 27.9 Å². The minimum absolute atomic E-state index is 0.00436. The average Bonchev–Trinajstić information content (AvgIpc) is 2.14. The fourth-order valence-corrected chi connectivity index (χ4v) is 0.958. The summed E-state index contributed by atoms with van der Waals surface area (Å²) >= 11 is 0. The molecule has 1 heterocycles. The van der Waals surface area contributed by atoms with Gasteiger partial charge in [-0.2, -0.15) is 0 Å². The fraction of sp³-hybridized carbons (Fsp3) is 0.375. The highest BCUT2D eigenvalue weighted by Gasteiger charge is 2.09. The first kappa shape index (κ1) is 10.4. The first-order valence-electron chi connectivity index (χ1n) is 4.07. The Morgan fingerprint density at radius 3 is 2.79 bits per heavy atom. The van der Waals surface area contributed by atoms with Crippen molar-refractivity contribution in [2.24, 2.45) is 0 Å². The maximum absolute atomic E-state index is 11.1. The molecule has 0 spiro atoms. The zero-order valence-corrected chi connectivity index (χ0v) is 7.36. The lowest BCUT2D eigenvalue weighted by Crippen LogP contribution is -2.20. The predicted molar refractivity (Wildman–Crippen MR) is 47.2 cm³/mol. The molecule has 0 aliphatic rings. The van der Waals surface area contributed by atoms with E-state index < -0.39 is 11.5 Å². The van der Waals surface area contributed by atoms with Gasteiger partial charge in [0.15, 0.2) is 0 Å². The third kappa shape index (κ3) is 2.40. The number of nitrogens with one attached hydrogen (secondary N) is 1. The van der Waals surface area contributed by atoms with Gasteiger partial charge in [-0.15, -0.1) is 0 Å². The number of rotatable bonds is 4. The zero-order valence-electron chi connectivity index (χ0n) is 7.36. The molecule has 0 bridgehead atoms.